The molecular formula is C9H15N3O5S2. The Labute approximate surface area is 113 Å². The Kier molecular flexibility index (Phi) is 7.22. The van der Waals surface area contributed by atoms with Gasteiger partial charge in [-0.25, -0.2) is 27.3 Å². The molecule has 108 valence electrons. The van der Waals surface area contributed by atoms with Crippen molar-refractivity contribution in [1.29, 1.82) is 0 Å². The number of urea groups is 1. The van der Waals surface area contributed by atoms with Crippen molar-refractivity contribution in [2.75, 3.05) is 7.05 Å². The summed E-state index contributed by atoms with van der Waals surface area (Å²) in [7, 11) is -2.40. The molecule has 10 heteroatoms. The smallest absolute Gasteiger partial charge is 0.328 e. The molecule has 0 spiro atoms. The number of benzene rings is 1. The lowest BCUT2D eigenvalue weighted by Gasteiger charge is -2.05. The second-order valence-electron chi connectivity index (χ2n) is 3.27. The van der Waals surface area contributed by atoms with Gasteiger partial charge in [0.15, 0.2) is 0 Å². The van der Waals surface area contributed by atoms with Gasteiger partial charge in [0.25, 0.3) is 10.0 Å². The van der Waals surface area contributed by atoms with Crippen LogP contribution in [0.15, 0.2) is 29.2 Å². The number of rotatable bonds is 2. The third kappa shape index (κ3) is 7.51. The Morgan fingerprint density at radius 1 is 1.32 bits per heavy atom. The van der Waals surface area contributed by atoms with Crippen LogP contribution in [0.2, 0.25) is 0 Å². The molecule has 0 aliphatic carbocycles. The summed E-state index contributed by atoms with van der Waals surface area (Å²) in [6, 6.07) is 5.47. The van der Waals surface area contributed by atoms with Crippen molar-refractivity contribution in [1.82, 2.24) is 10.0 Å². The second kappa shape index (κ2) is 7.84. The first-order valence-electron chi connectivity index (χ1n) is 4.85. The first kappa shape index (κ1) is 17.5. The number of carbonyl (C=O) groups excluding carboxylic acids is 1. The minimum absolute atomic E-state index is 0.0664. The van der Waals surface area contributed by atoms with E-state index in [1.165, 1.54) is 19.2 Å². The van der Waals surface area contributed by atoms with Crippen molar-refractivity contribution in [2.24, 2.45) is 5.14 Å². The van der Waals surface area contributed by atoms with Gasteiger partial charge in [-0.15, -0.1) is 0 Å². The van der Waals surface area contributed by atoms with Gasteiger partial charge in [0.05, 0.1) is 4.90 Å². The summed E-state index contributed by atoms with van der Waals surface area (Å²) in [5, 5.41) is 6.31. The summed E-state index contributed by atoms with van der Waals surface area (Å²) < 4.78 is 41.1. The van der Waals surface area contributed by atoms with Crippen LogP contribution >= 0.6 is 0 Å². The maximum atomic E-state index is 11.5. The normalized spacial score (nSPS) is 11.8. The van der Waals surface area contributed by atoms with E-state index in [4.69, 9.17) is 8.76 Å². The van der Waals surface area contributed by atoms with Crippen LogP contribution in [0, 0.1) is 6.92 Å². The van der Waals surface area contributed by atoms with Crippen LogP contribution in [0.1, 0.15) is 5.56 Å². The lowest BCUT2D eigenvalue weighted by atomic mass is 10.2. The molecule has 1 rings (SSSR count). The van der Waals surface area contributed by atoms with Crippen molar-refractivity contribution in [2.45, 2.75) is 11.8 Å². The Morgan fingerprint density at radius 2 is 1.74 bits per heavy atom. The van der Waals surface area contributed by atoms with E-state index in [0.29, 0.717) is 0 Å². The van der Waals surface area contributed by atoms with Gasteiger partial charge < -0.3 is 5.32 Å². The molecule has 0 aliphatic rings. The van der Waals surface area contributed by atoms with Gasteiger partial charge in [-0.05, 0) is 19.1 Å². The highest BCUT2D eigenvalue weighted by atomic mass is 32.2. The summed E-state index contributed by atoms with van der Waals surface area (Å²) in [5.41, 5.74) is 0.953. The zero-order chi connectivity index (χ0) is 15.1. The average Bonchev–Trinajstić information content (AvgIpc) is 2.28. The van der Waals surface area contributed by atoms with E-state index in [1.807, 2.05) is 11.6 Å². The molecule has 1 unspecified atom stereocenters. The maximum Gasteiger partial charge on any atom is 0.328 e. The lowest BCUT2D eigenvalue weighted by Crippen LogP contribution is -2.37. The fourth-order valence-electron chi connectivity index (χ4n) is 0.949. The molecular weight excluding hydrogens is 294 g/mol. The number of nitrogens with one attached hydrogen (secondary N) is 2. The van der Waals surface area contributed by atoms with Crippen LogP contribution in [-0.4, -0.2) is 30.3 Å². The Bertz CT molecular complexity index is 537. The molecule has 0 heterocycles. The monoisotopic (exact) mass is 309 g/mol. The van der Waals surface area contributed by atoms with Gasteiger partial charge in [-0.3, -0.25) is 4.55 Å². The molecule has 2 amide bonds. The topological polar surface area (TPSA) is 139 Å². The van der Waals surface area contributed by atoms with Crippen molar-refractivity contribution in [3.05, 3.63) is 29.8 Å². The number of amides is 2. The molecule has 0 radical (unpaired) electrons. The Hall–Kier alpha value is -1.49. The molecule has 1 aromatic carbocycles. The van der Waals surface area contributed by atoms with Gasteiger partial charge in [0.1, 0.15) is 0 Å². The first-order valence-corrected chi connectivity index (χ1v) is 7.51. The second-order valence-corrected chi connectivity index (χ2v) is 5.51. The fraction of sp³-hybridized carbons (Fsp3) is 0.222. The Morgan fingerprint density at radius 3 is 2.11 bits per heavy atom. The van der Waals surface area contributed by atoms with E-state index in [1.54, 1.807) is 12.1 Å². The highest BCUT2D eigenvalue weighted by molar-refractivity contribution is 7.90. The van der Waals surface area contributed by atoms with E-state index in [0.717, 1.165) is 5.56 Å². The molecule has 0 fully saturated rings. The van der Waals surface area contributed by atoms with Crippen LogP contribution in [0.4, 0.5) is 4.79 Å². The number of sulfonamides is 1. The molecule has 8 nitrogen and oxygen atoms in total. The SMILES string of the molecule is CNC(=O)NS(=O)(=O)c1ccc(C)cc1.NS(=O)O. The number of aryl methyl sites for hydroxylation is 1. The molecule has 5 N–H and O–H groups in total. The highest BCUT2D eigenvalue weighted by Gasteiger charge is 2.15. The minimum Gasteiger partial charge on any atom is -0.340 e. The number of carbonyl (C=O) groups is 1. The van der Waals surface area contributed by atoms with Crippen molar-refractivity contribution >= 4 is 27.3 Å². The maximum absolute atomic E-state index is 11.5. The number of hydrogen-bond acceptors (Lipinski definition) is 4. The average molecular weight is 309 g/mol. The van der Waals surface area contributed by atoms with E-state index in [-0.39, 0.29) is 4.90 Å². The molecule has 1 aromatic rings. The number of hydrogen-bond donors (Lipinski definition) is 4. The molecule has 0 saturated carbocycles. The molecule has 0 aromatic heterocycles. The van der Waals surface area contributed by atoms with Gasteiger partial charge >= 0.3 is 6.03 Å². The van der Waals surface area contributed by atoms with Gasteiger partial charge in [0, 0.05) is 7.05 Å². The first-order chi connectivity index (χ1) is 8.69. The zero-order valence-electron chi connectivity index (χ0n) is 10.3. The van der Waals surface area contributed by atoms with Crippen LogP contribution in [0.5, 0.6) is 0 Å². The molecule has 19 heavy (non-hydrogen) atoms. The van der Waals surface area contributed by atoms with Crippen molar-refractivity contribution in [3.63, 3.8) is 0 Å². The fourth-order valence-corrected chi connectivity index (χ4v) is 1.91. The van der Waals surface area contributed by atoms with Gasteiger partial charge in [-0.2, -0.15) is 0 Å². The summed E-state index contributed by atoms with van der Waals surface area (Å²) >= 11 is -2.11. The van der Waals surface area contributed by atoms with Crippen molar-refractivity contribution < 1.29 is 22.0 Å². The van der Waals surface area contributed by atoms with Gasteiger partial charge in [-0.1, -0.05) is 17.7 Å². The lowest BCUT2D eigenvalue weighted by molar-refractivity contribution is 0.248. The quantitative estimate of drug-likeness (QED) is 0.555. The summed E-state index contributed by atoms with van der Waals surface area (Å²) in [6.07, 6.45) is 0. The van der Waals surface area contributed by atoms with E-state index in [9.17, 15) is 13.2 Å². The van der Waals surface area contributed by atoms with E-state index in [2.05, 4.69) is 10.5 Å². The molecule has 1 atom stereocenters. The summed E-state index contributed by atoms with van der Waals surface area (Å²) in [6.45, 7) is 1.85. The van der Waals surface area contributed by atoms with E-state index < -0.39 is 27.3 Å². The zero-order valence-corrected chi connectivity index (χ0v) is 11.9. The summed E-state index contributed by atoms with van der Waals surface area (Å²) in [4.78, 5) is 10.9. The van der Waals surface area contributed by atoms with Gasteiger partial charge in [0.2, 0.25) is 11.3 Å². The largest absolute Gasteiger partial charge is 0.340 e. The Balaban J connectivity index is 0.000000711. The predicted octanol–water partition coefficient (Wildman–Crippen LogP) is -0.305. The summed E-state index contributed by atoms with van der Waals surface area (Å²) in [5.74, 6) is 0. The van der Waals surface area contributed by atoms with Crippen LogP contribution < -0.4 is 15.2 Å². The molecule has 0 aliphatic heterocycles. The van der Waals surface area contributed by atoms with Crippen LogP contribution in [0.3, 0.4) is 0 Å². The third-order valence-electron chi connectivity index (χ3n) is 1.79. The van der Waals surface area contributed by atoms with Crippen LogP contribution in [0.25, 0.3) is 0 Å². The third-order valence-corrected chi connectivity index (χ3v) is 3.13. The van der Waals surface area contributed by atoms with Crippen LogP contribution in [-0.2, 0) is 21.3 Å². The predicted molar refractivity (Wildman–Crippen MR) is 70.9 cm³/mol. The molecule has 0 saturated heterocycles. The standard InChI is InChI=1S/C9H12N2O3S.H3NO2S/c1-7-3-5-8(6-4-7)15(13,14)11-9(12)10-2;1-4(2)3/h3-6H,1-2H3,(H2,10,11,12);1H2,(H,2,3). The molecule has 0 bridgehead atoms. The number of nitrogens with two attached hydrogens (primary N) is 1. The minimum atomic E-state index is -3.75. The van der Waals surface area contributed by atoms with E-state index >= 15 is 0 Å². The highest BCUT2D eigenvalue weighted by Crippen LogP contribution is 2.09. The van der Waals surface area contributed by atoms with Crippen molar-refractivity contribution in [3.8, 4) is 0 Å².